The molecular weight excluding hydrogens is 552 g/mol. The Morgan fingerprint density at radius 2 is 1.98 bits per heavy atom. The molecule has 3 aliphatic carbocycles. The van der Waals surface area contributed by atoms with Gasteiger partial charge in [0.05, 0.1) is 30.6 Å². The first kappa shape index (κ1) is 33.5. The van der Waals surface area contributed by atoms with Crippen molar-refractivity contribution in [3.05, 3.63) is 12.7 Å². The van der Waals surface area contributed by atoms with Gasteiger partial charge in [0.2, 0.25) is 5.91 Å². The van der Waals surface area contributed by atoms with E-state index in [1.165, 1.54) is 11.8 Å². The lowest BCUT2D eigenvalue weighted by Crippen LogP contribution is -2.63. The van der Waals surface area contributed by atoms with E-state index in [-0.39, 0.29) is 58.1 Å². The molecule has 238 valence electrons. The van der Waals surface area contributed by atoms with Crippen LogP contribution in [0.1, 0.15) is 80.6 Å². The van der Waals surface area contributed by atoms with Crippen molar-refractivity contribution < 1.29 is 29.0 Å². The third-order valence-electron chi connectivity index (χ3n) is 11.7. The van der Waals surface area contributed by atoms with Gasteiger partial charge in [-0.2, -0.15) is 0 Å². The Hall–Kier alpha value is -1.42. The largest absolute Gasteiger partial charge is 0.461 e. The molecule has 0 aromatic heterocycles. The lowest BCUT2D eigenvalue weighted by Gasteiger charge is -2.61. The molecule has 4 rings (SSSR count). The first-order chi connectivity index (χ1) is 19.5. The molecule has 1 saturated heterocycles. The van der Waals surface area contributed by atoms with Crippen LogP contribution in [-0.4, -0.2) is 83.2 Å². The van der Waals surface area contributed by atoms with Crippen LogP contribution in [-0.2, 0) is 23.9 Å². The summed E-state index contributed by atoms with van der Waals surface area (Å²) in [7, 11) is 0. The number of aliphatic hydroxyl groups is 1. The van der Waals surface area contributed by atoms with Gasteiger partial charge in [-0.25, -0.2) is 0 Å². The maximum absolute atomic E-state index is 13.6. The third-order valence-corrected chi connectivity index (χ3v) is 12.8. The fourth-order valence-electron chi connectivity index (χ4n) is 8.56. The van der Waals surface area contributed by atoms with E-state index in [4.69, 9.17) is 15.2 Å². The SMILES string of the molecule is C=C[C@]1(C)C[C@@H](OC(=O)CSCC2CN(C(=O)[C@H](N)C(C)(C)C)CCO2)[C@]2(C)C(C)CC[C@]3(CCC(=O)C32)[C@@H](C)[C@@H]1O. The van der Waals surface area contributed by atoms with Gasteiger partial charge in [0, 0.05) is 42.0 Å². The minimum Gasteiger partial charge on any atom is -0.461 e. The van der Waals surface area contributed by atoms with Gasteiger partial charge in [0.25, 0.3) is 0 Å². The van der Waals surface area contributed by atoms with Crippen LogP contribution in [0.5, 0.6) is 0 Å². The molecule has 3 unspecified atom stereocenters. The Morgan fingerprint density at radius 3 is 2.62 bits per heavy atom. The molecule has 3 N–H and O–H groups in total. The summed E-state index contributed by atoms with van der Waals surface area (Å²) in [5.74, 6) is 0.439. The number of carbonyl (C=O) groups excluding carboxylic acids is 3. The number of nitrogens with zero attached hydrogens (tertiary/aromatic N) is 1. The van der Waals surface area contributed by atoms with Crippen molar-refractivity contribution in [1.82, 2.24) is 4.90 Å². The van der Waals surface area contributed by atoms with Crippen LogP contribution in [0.3, 0.4) is 0 Å². The van der Waals surface area contributed by atoms with Crippen LogP contribution < -0.4 is 5.73 Å². The molecule has 0 aromatic carbocycles. The highest BCUT2D eigenvalue weighted by molar-refractivity contribution is 7.99. The number of morpholine rings is 1. The normalized spacial score (nSPS) is 41.4. The van der Waals surface area contributed by atoms with Crippen LogP contribution in [0, 0.1) is 39.4 Å². The van der Waals surface area contributed by atoms with Crippen LogP contribution in [0.2, 0.25) is 0 Å². The van der Waals surface area contributed by atoms with E-state index in [0.29, 0.717) is 38.3 Å². The van der Waals surface area contributed by atoms with Gasteiger partial charge in [-0.3, -0.25) is 14.4 Å². The minimum atomic E-state index is -0.683. The summed E-state index contributed by atoms with van der Waals surface area (Å²) in [6.45, 7) is 19.8. The molecule has 0 radical (unpaired) electrons. The fraction of sp³-hybridized carbons (Fsp3) is 0.848. The molecule has 42 heavy (non-hydrogen) atoms. The number of rotatable bonds is 7. The van der Waals surface area contributed by atoms with E-state index in [1.807, 2.05) is 33.8 Å². The molecule has 0 aromatic rings. The second-order valence-electron chi connectivity index (χ2n) is 15.2. The van der Waals surface area contributed by atoms with E-state index in [1.54, 1.807) is 4.90 Å². The van der Waals surface area contributed by atoms with Gasteiger partial charge in [-0.1, -0.05) is 54.5 Å². The quantitative estimate of drug-likeness (QED) is 0.327. The van der Waals surface area contributed by atoms with E-state index in [9.17, 15) is 19.5 Å². The summed E-state index contributed by atoms with van der Waals surface area (Å²) in [6.07, 6.45) is 4.00. The van der Waals surface area contributed by atoms with Crippen LogP contribution >= 0.6 is 11.8 Å². The van der Waals surface area contributed by atoms with E-state index >= 15 is 0 Å². The molecule has 4 aliphatic rings. The van der Waals surface area contributed by atoms with Gasteiger partial charge >= 0.3 is 5.97 Å². The molecule has 2 bridgehead atoms. The molecule has 10 atom stereocenters. The number of aliphatic hydroxyl groups excluding tert-OH is 1. The minimum absolute atomic E-state index is 0.0594. The van der Waals surface area contributed by atoms with Gasteiger partial charge in [-0.15, -0.1) is 18.3 Å². The van der Waals surface area contributed by atoms with Crippen molar-refractivity contribution in [3.63, 3.8) is 0 Å². The molecule has 1 aliphatic heterocycles. The molecule has 1 heterocycles. The predicted molar refractivity (Wildman–Crippen MR) is 166 cm³/mol. The van der Waals surface area contributed by atoms with Gasteiger partial charge in [-0.05, 0) is 48.3 Å². The Bertz CT molecular complexity index is 1060. The second kappa shape index (κ2) is 12.2. The second-order valence-corrected chi connectivity index (χ2v) is 16.2. The Kier molecular flexibility index (Phi) is 9.70. The number of hydrogen-bond donors (Lipinski definition) is 2. The van der Waals surface area contributed by atoms with Crippen molar-refractivity contribution in [2.75, 3.05) is 31.2 Å². The molecule has 3 saturated carbocycles. The Balaban J connectivity index is 1.46. The molecule has 4 fully saturated rings. The summed E-state index contributed by atoms with van der Waals surface area (Å²) in [4.78, 5) is 41.7. The van der Waals surface area contributed by atoms with Gasteiger partial charge in [0.1, 0.15) is 11.9 Å². The average molecular weight is 607 g/mol. The van der Waals surface area contributed by atoms with Crippen LogP contribution in [0.4, 0.5) is 0 Å². The number of nitrogens with two attached hydrogens (primary N) is 1. The topological polar surface area (TPSA) is 119 Å². The fourth-order valence-corrected chi connectivity index (χ4v) is 9.37. The Labute approximate surface area is 256 Å². The lowest BCUT2D eigenvalue weighted by molar-refractivity contribution is -0.205. The summed E-state index contributed by atoms with van der Waals surface area (Å²) in [5.41, 5.74) is 4.42. The zero-order chi connectivity index (χ0) is 31.3. The molecule has 9 heteroatoms. The average Bonchev–Trinajstić information content (AvgIpc) is 3.30. The number of esters is 1. The zero-order valence-corrected chi connectivity index (χ0v) is 27.6. The molecule has 0 spiro atoms. The monoisotopic (exact) mass is 606 g/mol. The number of ketones is 1. The summed E-state index contributed by atoms with van der Waals surface area (Å²) >= 11 is 1.44. The van der Waals surface area contributed by atoms with Crippen molar-refractivity contribution in [2.24, 2.45) is 45.1 Å². The molecule has 8 nitrogen and oxygen atoms in total. The number of carbonyl (C=O) groups is 3. The maximum Gasteiger partial charge on any atom is 0.316 e. The van der Waals surface area contributed by atoms with Gasteiger partial charge in [0.15, 0.2) is 0 Å². The highest BCUT2D eigenvalue weighted by Crippen LogP contribution is 2.68. The molecule has 1 amide bonds. The predicted octanol–water partition coefficient (Wildman–Crippen LogP) is 4.23. The first-order valence-electron chi connectivity index (χ1n) is 15.8. The van der Waals surface area contributed by atoms with E-state index < -0.39 is 29.1 Å². The van der Waals surface area contributed by atoms with Crippen LogP contribution in [0.15, 0.2) is 12.7 Å². The van der Waals surface area contributed by atoms with Gasteiger partial charge < -0.3 is 25.2 Å². The standard InChI is InChI=1S/C33H54N2O6S/c1-9-31(7)16-24(32(8)20(2)10-12-33(21(3)28(31)38)13-11-23(36)26(32)33)41-25(37)19-42-18-22-17-35(14-15-40-22)29(39)27(34)30(4,5)6/h9,20-22,24,26-28,38H,1,10-19,34H2,2-8H3/t20?,21-,22?,24+,26?,27-,28-,31+,32-,33-/m0/s1. The highest BCUT2D eigenvalue weighted by atomic mass is 32.2. The van der Waals surface area contributed by atoms with Crippen molar-refractivity contribution in [2.45, 2.75) is 105 Å². The summed E-state index contributed by atoms with van der Waals surface area (Å²) in [6, 6.07) is -0.584. The Morgan fingerprint density at radius 1 is 1.29 bits per heavy atom. The number of ether oxygens (including phenoxy) is 2. The van der Waals surface area contributed by atoms with E-state index in [2.05, 4.69) is 27.4 Å². The van der Waals surface area contributed by atoms with Crippen LogP contribution in [0.25, 0.3) is 0 Å². The number of Topliss-reactive ketones (excluding diaryl/α,β-unsaturated/α-hetero) is 1. The smallest absolute Gasteiger partial charge is 0.316 e. The van der Waals surface area contributed by atoms with Crippen molar-refractivity contribution in [1.29, 1.82) is 0 Å². The lowest BCUT2D eigenvalue weighted by atomic mass is 9.44. The highest BCUT2D eigenvalue weighted by Gasteiger charge is 2.68. The zero-order valence-electron chi connectivity index (χ0n) is 26.8. The first-order valence-corrected chi connectivity index (χ1v) is 16.9. The number of thioether (sulfide) groups is 1. The van der Waals surface area contributed by atoms with Crippen molar-refractivity contribution in [3.8, 4) is 0 Å². The number of hydrogen-bond acceptors (Lipinski definition) is 8. The molecular formula is C33H54N2O6S. The third kappa shape index (κ3) is 5.84. The number of amides is 1. The summed E-state index contributed by atoms with van der Waals surface area (Å²) in [5, 5.41) is 11.7. The maximum atomic E-state index is 13.6. The van der Waals surface area contributed by atoms with E-state index in [0.717, 1.165) is 19.3 Å². The summed E-state index contributed by atoms with van der Waals surface area (Å²) < 4.78 is 12.3. The van der Waals surface area contributed by atoms with Crippen molar-refractivity contribution >= 4 is 29.4 Å².